The minimum atomic E-state index is -2.64. The number of rotatable bonds is 8. The summed E-state index contributed by atoms with van der Waals surface area (Å²) in [6.07, 6.45) is -2.64. The molecule has 0 fully saturated rings. The van der Waals surface area contributed by atoms with E-state index in [1.165, 1.54) is 18.2 Å². The summed E-state index contributed by atoms with van der Waals surface area (Å²) < 4.78 is 30.1. The fourth-order valence-electron chi connectivity index (χ4n) is 3.86. The van der Waals surface area contributed by atoms with Crippen molar-refractivity contribution in [2.45, 2.75) is 33.8 Å². The summed E-state index contributed by atoms with van der Waals surface area (Å²) in [6.45, 7) is 4.40. The Bertz CT molecular complexity index is 1480. The number of benzene rings is 3. The van der Waals surface area contributed by atoms with Crippen LogP contribution in [0.3, 0.4) is 0 Å². The molecule has 10 heteroatoms. The number of alkyl halides is 2. The van der Waals surface area contributed by atoms with Crippen LogP contribution in [-0.4, -0.2) is 39.9 Å². The Morgan fingerprint density at radius 1 is 1.00 bits per heavy atom. The van der Waals surface area contributed by atoms with Crippen LogP contribution in [0.15, 0.2) is 48.5 Å². The molecule has 0 bridgehead atoms. The second-order valence-corrected chi connectivity index (χ2v) is 8.60. The van der Waals surface area contributed by atoms with E-state index >= 15 is 0 Å². The molecule has 37 heavy (non-hydrogen) atoms. The Hall–Kier alpha value is -4.31. The zero-order chi connectivity index (χ0) is 26.7. The monoisotopic (exact) mass is 508 g/mol. The van der Waals surface area contributed by atoms with Gasteiger partial charge in [-0.2, -0.15) is 0 Å². The molecule has 0 radical (unpaired) electrons. The van der Waals surface area contributed by atoms with Gasteiger partial charge >= 0.3 is 0 Å². The molecule has 0 spiro atoms. The number of carbonyl (C=O) groups excluding carboxylic acids is 2. The number of H-pyrrole nitrogens is 1. The number of aliphatic hydroxyl groups excluding tert-OH is 1. The lowest BCUT2D eigenvalue weighted by Crippen LogP contribution is -2.17. The van der Waals surface area contributed by atoms with Gasteiger partial charge in [0.25, 0.3) is 18.2 Å². The molecule has 0 saturated heterocycles. The largest absolute Gasteiger partial charge is 0.488 e. The van der Waals surface area contributed by atoms with Gasteiger partial charge in [-0.05, 0) is 67.8 Å². The van der Waals surface area contributed by atoms with Crippen molar-refractivity contribution >= 4 is 34.2 Å². The fourth-order valence-corrected chi connectivity index (χ4v) is 3.86. The molecule has 3 aromatic carbocycles. The van der Waals surface area contributed by atoms with Crippen LogP contribution in [0.4, 0.5) is 20.2 Å². The molecule has 2 amide bonds. The number of aryl methyl sites for hydroxylation is 2. The lowest BCUT2D eigenvalue weighted by atomic mass is 10.1. The number of imidazole rings is 1. The van der Waals surface area contributed by atoms with Gasteiger partial charge in [0.1, 0.15) is 30.3 Å². The van der Waals surface area contributed by atoms with Gasteiger partial charge in [-0.3, -0.25) is 9.59 Å². The number of hydrogen-bond acceptors (Lipinski definition) is 5. The first-order valence-electron chi connectivity index (χ1n) is 11.5. The quantitative estimate of drug-likeness (QED) is 0.263. The number of fused-ring (bicyclic) bond motifs is 1. The van der Waals surface area contributed by atoms with Crippen molar-refractivity contribution in [2.75, 3.05) is 17.2 Å². The summed E-state index contributed by atoms with van der Waals surface area (Å²) in [6, 6.07) is 13.2. The summed E-state index contributed by atoms with van der Waals surface area (Å²) in [5, 5.41) is 15.2. The molecule has 0 aliphatic carbocycles. The SMILES string of the molecule is Cc1ccc(OCC(F)F)cc1C(=O)Nc1cc(C(=O)Nc2cccc(C)c2C)c2nc(CO)[nH]c2c1. The van der Waals surface area contributed by atoms with E-state index < -0.39 is 24.8 Å². The molecule has 192 valence electrons. The molecule has 1 heterocycles. The van der Waals surface area contributed by atoms with E-state index in [-0.39, 0.29) is 29.3 Å². The van der Waals surface area contributed by atoms with Crippen LogP contribution in [0, 0.1) is 20.8 Å². The van der Waals surface area contributed by atoms with Crippen molar-refractivity contribution in [2.24, 2.45) is 0 Å². The predicted molar refractivity (Wildman–Crippen MR) is 137 cm³/mol. The van der Waals surface area contributed by atoms with Crippen LogP contribution < -0.4 is 15.4 Å². The second-order valence-electron chi connectivity index (χ2n) is 8.60. The Morgan fingerprint density at radius 2 is 1.76 bits per heavy atom. The van der Waals surface area contributed by atoms with Gasteiger partial charge in [0.05, 0.1) is 11.1 Å². The van der Waals surface area contributed by atoms with Crippen molar-refractivity contribution < 1.29 is 28.2 Å². The van der Waals surface area contributed by atoms with E-state index in [2.05, 4.69) is 20.6 Å². The number of halogens is 2. The molecule has 0 saturated carbocycles. The number of ether oxygens (including phenoxy) is 1. The number of amides is 2. The Morgan fingerprint density at radius 3 is 2.49 bits per heavy atom. The number of aliphatic hydroxyl groups is 1. The molecule has 4 N–H and O–H groups in total. The average molecular weight is 509 g/mol. The molecular weight excluding hydrogens is 482 g/mol. The molecule has 0 aliphatic heterocycles. The standard InChI is InChI=1S/C27H26F2N4O4/c1-14-5-4-6-21(16(14)3)32-27(36)20-9-17(10-22-25(20)33-24(12-34)31-22)30-26(35)19-11-18(8-7-15(19)2)37-13-23(28)29/h4-11,23,34H,12-13H2,1-3H3,(H,30,35)(H,31,33)(H,32,36). The van der Waals surface area contributed by atoms with E-state index in [0.717, 1.165) is 11.1 Å². The number of carbonyl (C=O) groups is 2. The smallest absolute Gasteiger partial charge is 0.272 e. The maximum absolute atomic E-state index is 13.3. The van der Waals surface area contributed by atoms with Crippen LogP contribution >= 0.6 is 0 Å². The molecular formula is C27H26F2N4O4. The summed E-state index contributed by atoms with van der Waals surface area (Å²) in [7, 11) is 0. The van der Waals surface area contributed by atoms with Gasteiger partial charge in [0.2, 0.25) is 0 Å². The van der Waals surface area contributed by atoms with E-state index in [4.69, 9.17) is 4.74 Å². The summed E-state index contributed by atoms with van der Waals surface area (Å²) in [5.74, 6) is -0.549. The van der Waals surface area contributed by atoms with Gasteiger partial charge in [0.15, 0.2) is 0 Å². The first-order chi connectivity index (χ1) is 17.7. The number of nitrogens with one attached hydrogen (secondary N) is 3. The predicted octanol–water partition coefficient (Wildman–Crippen LogP) is 5.13. The first kappa shape index (κ1) is 25.8. The molecule has 0 unspecified atom stereocenters. The third-order valence-electron chi connectivity index (χ3n) is 5.97. The third-order valence-corrected chi connectivity index (χ3v) is 5.97. The van der Waals surface area contributed by atoms with E-state index in [9.17, 15) is 23.5 Å². The van der Waals surface area contributed by atoms with Crippen molar-refractivity contribution in [3.8, 4) is 5.75 Å². The lowest BCUT2D eigenvalue weighted by Gasteiger charge is -2.13. The van der Waals surface area contributed by atoms with E-state index in [1.54, 1.807) is 25.1 Å². The number of aromatic nitrogens is 2. The van der Waals surface area contributed by atoms with Crippen LogP contribution in [0.5, 0.6) is 5.75 Å². The zero-order valence-corrected chi connectivity index (χ0v) is 20.5. The minimum absolute atomic E-state index is 0.140. The second kappa shape index (κ2) is 10.8. The molecule has 0 aliphatic rings. The molecule has 1 aromatic heterocycles. The highest BCUT2D eigenvalue weighted by Crippen LogP contribution is 2.26. The van der Waals surface area contributed by atoms with Crippen molar-refractivity contribution in [3.63, 3.8) is 0 Å². The minimum Gasteiger partial charge on any atom is -0.488 e. The Balaban J connectivity index is 1.67. The van der Waals surface area contributed by atoms with Crippen molar-refractivity contribution in [1.29, 1.82) is 0 Å². The van der Waals surface area contributed by atoms with Crippen LogP contribution in [0.1, 0.15) is 43.2 Å². The first-order valence-corrected chi connectivity index (χ1v) is 11.5. The number of nitrogens with zero attached hydrogens (tertiary/aromatic N) is 1. The van der Waals surface area contributed by atoms with Crippen LogP contribution in [-0.2, 0) is 6.61 Å². The molecule has 8 nitrogen and oxygen atoms in total. The number of aromatic amines is 1. The number of hydrogen-bond donors (Lipinski definition) is 4. The van der Waals surface area contributed by atoms with Crippen molar-refractivity contribution in [1.82, 2.24) is 9.97 Å². The maximum atomic E-state index is 13.3. The van der Waals surface area contributed by atoms with Gasteiger partial charge < -0.3 is 25.5 Å². The summed E-state index contributed by atoms with van der Waals surface area (Å²) in [5.41, 5.74) is 4.68. The van der Waals surface area contributed by atoms with Gasteiger partial charge in [-0.25, -0.2) is 13.8 Å². The fraction of sp³-hybridized carbons (Fsp3) is 0.222. The molecule has 0 atom stereocenters. The Labute approximate surface area is 211 Å². The third kappa shape index (κ3) is 5.75. The topological polar surface area (TPSA) is 116 Å². The van der Waals surface area contributed by atoms with Gasteiger partial charge in [-0.15, -0.1) is 0 Å². The zero-order valence-electron chi connectivity index (χ0n) is 20.5. The highest BCUT2D eigenvalue weighted by atomic mass is 19.3. The van der Waals surface area contributed by atoms with Crippen molar-refractivity contribution in [3.05, 3.63) is 82.2 Å². The van der Waals surface area contributed by atoms with Crippen LogP contribution in [0.25, 0.3) is 11.0 Å². The van der Waals surface area contributed by atoms with E-state index in [0.29, 0.717) is 28.0 Å². The van der Waals surface area contributed by atoms with Crippen LogP contribution in [0.2, 0.25) is 0 Å². The van der Waals surface area contributed by atoms with E-state index in [1.807, 2.05) is 26.0 Å². The van der Waals surface area contributed by atoms with Gasteiger partial charge in [-0.1, -0.05) is 18.2 Å². The highest BCUT2D eigenvalue weighted by molar-refractivity contribution is 6.14. The molecule has 4 aromatic rings. The summed E-state index contributed by atoms with van der Waals surface area (Å²) >= 11 is 0. The normalized spacial score (nSPS) is 11.1. The molecule has 4 rings (SSSR count). The van der Waals surface area contributed by atoms with Gasteiger partial charge in [0, 0.05) is 16.9 Å². The maximum Gasteiger partial charge on any atom is 0.272 e. The number of anilines is 2. The average Bonchev–Trinajstić information content (AvgIpc) is 3.29. The lowest BCUT2D eigenvalue weighted by molar-refractivity contribution is 0.0818. The highest BCUT2D eigenvalue weighted by Gasteiger charge is 2.19. The Kier molecular flexibility index (Phi) is 7.49. The summed E-state index contributed by atoms with van der Waals surface area (Å²) in [4.78, 5) is 33.7.